The van der Waals surface area contributed by atoms with E-state index >= 15 is 17.6 Å². The molecule has 25 heteroatoms. The van der Waals surface area contributed by atoms with Crippen LogP contribution < -0.4 is 0 Å². The lowest BCUT2D eigenvalue weighted by Gasteiger charge is -2.63. The second-order valence-corrected chi connectivity index (χ2v) is 30.8. The highest BCUT2D eigenvalue weighted by atomic mass is 32.2. The van der Waals surface area contributed by atoms with Gasteiger partial charge in [-0.3, -0.25) is 37.9 Å². The zero-order valence-corrected chi connectivity index (χ0v) is 49.6. The van der Waals surface area contributed by atoms with E-state index in [1.807, 2.05) is 0 Å². The Morgan fingerprint density at radius 2 is 0.963 bits per heavy atom. The summed E-state index contributed by atoms with van der Waals surface area (Å²) in [7, 11) is -9.44. The highest BCUT2D eigenvalue weighted by molar-refractivity contribution is 8.14. The van der Waals surface area contributed by atoms with E-state index in [1.54, 1.807) is 27.7 Å². The molecule has 452 valence electrons. The number of carbonyl (C=O) groups excluding carboxylic acids is 6. The number of hydrogen-bond acceptors (Lipinski definition) is 15. The lowest BCUT2D eigenvalue weighted by Crippen LogP contribution is -2.70. The lowest BCUT2D eigenvalue weighted by molar-refractivity contribution is -0.228. The van der Waals surface area contributed by atoms with Gasteiger partial charge in [-0.2, -0.15) is 0 Å². The summed E-state index contributed by atoms with van der Waals surface area (Å²) in [4.78, 5) is 101. The SMILES string of the molecule is C[C@@H]1C[C@H]2[C@@H]3C[C@H](F)C4=CC(=O)C=C[C@]4(C)[C@@]3(F)[C@@H](O)C[C@]2(C)[C@@]1(OC(=O)CCCCCP(=O)(O)OP(=O)(O)CCCCCC(=O)O[C@]1(C(=O)SCF)[C@H](C)C[C@H]2[C@@H]3C[C@H](F)C4=CC(=O)C=C[C@]4(C)[C@@]3(F)[C@@H](O)C[C@@]21C)C(=O)SCF. The van der Waals surface area contributed by atoms with Gasteiger partial charge >= 0.3 is 27.1 Å². The smallest absolute Gasteiger partial charge is 0.335 e. The molecule has 4 N–H and O–H groups in total. The number of esters is 2. The van der Waals surface area contributed by atoms with Crippen molar-refractivity contribution in [2.24, 2.45) is 57.2 Å². The van der Waals surface area contributed by atoms with E-state index in [2.05, 4.69) is 0 Å². The number of thioether (sulfide) groups is 2. The van der Waals surface area contributed by atoms with Crippen molar-refractivity contribution in [3.05, 3.63) is 47.6 Å². The first-order chi connectivity index (χ1) is 37.7. The second kappa shape index (κ2) is 22.8. The highest BCUT2D eigenvalue weighted by Gasteiger charge is 2.80. The number of ether oxygens (including phenoxy) is 2. The van der Waals surface area contributed by atoms with Crippen molar-refractivity contribution in [1.29, 1.82) is 0 Å². The summed E-state index contributed by atoms with van der Waals surface area (Å²) in [6.07, 6.45) is -3.65. The maximum absolute atomic E-state index is 17.8. The molecule has 15 nitrogen and oxygen atoms in total. The van der Waals surface area contributed by atoms with Gasteiger partial charge in [-0.05, 0) is 149 Å². The molecule has 8 aliphatic carbocycles. The zero-order valence-electron chi connectivity index (χ0n) is 46.2. The number of allylic oxidation sites excluding steroid dienone is 8. The van der Waals surface area contributed by atoms with Gasteiger partial charge in [0.25, 0.3) is 0 Å². The van der Waals surface area contributed by atoms with E-state index in [-0.39, 0.29) is 98.9 Å². The summed E-state index contributed by atoms with van der Waals surface area (Å²) in [5, 5.41) is 21.8. The van der Waals surface area contributed by atoms with Gasteiger partial charge in [0, 0.05) is 58.2 Å². The summed E-state index contributed by atoms with van der Waals surface area (Å²) in [6, 6.07) is -2.37. The fourth-order valence-corrected chi connectivity index (χ4v) is 22.1. The normalized spacial score (nSPS) is 43.5. The summed E-state index contributed by atoms with van der Waals surface area (Å²) in [5.41, 5.74) is -15.7. The minimum Gasteiger partial charge on any atom is -0.449 e. The molecule has 6 saturated carbocycles. The van der Waals surface area contributed by atoms with Gasteiger partial charge in [0.1, 0.15) is 24.4 Å². The topological polar surface area (TPSA) is 245 Å². The molecular weight excluding hydrogens is 1150 g/mol. The molecule has 20 atom stereocenters. The summed E-state index contributed by atoms with van der Waals surface area (Å²) < 4.78 is 139. The van der Waals surface area contributed by atoms with Crippen molar-refractivity contribution in [2.75, 3.05) is 24.3 Å². The molecule has 0 amide bonds. The number of aliphatic hydroxyl groups is 2. The van der Waals surface area contributed by atoms with Crippen LogP contribution >= 0.6 is 38.7 Å². The summed E-state index contributed by atoms with van der Waals surface area (Å²) in [5.74, 6) is -8.59. The molecular formula is C56H74F6O15P2S2. The molecule has 6 fully saturated rings. The average molecular weight is 1230 g/mol. The largest absolute Gasteiger partial charge is 0.449 e. The Morgan fingerprint density at radius 1 is 0.605 bits per heavy atom. The van der Waals surface area contributed by atoms with Crippen LogP contribution in [-0.2, 0) is 51.7 Å². The maximum Gasteiger partial charge on any atom is 0.335 e. The predicted octanol–water partition coefficient (Wildman–Crippen LogP) is 10.6. The molecule has 0 aromatic heterocycles. The molecule has 0 aliphatic heterocycles. The van der Waals surface area contributed by atoms with Crippen molar-refractivity contribution < 1.29 is 98.0 Å². The molecule has 8 rings (SSSR count). The van der Waals surface area contributed by atoms with Gasteiger partial charge in [-0.15, -0.1) is 0 Å². The number of rotatable bonds is 20. The number of aliphatic hydroxyl groups excluding tert-OH is 2. The van der Waals surface area contributed by atoms with Crippen LogP contribution in [-0.4, -0.2) is 125 Å². The Hall–Kier alpha value is -2.88. The molecule has 0 aromatic rings. The molecule has 0 heterocycles. The van der Waals surface area contributed by atoms with E-state index in [0.717, 1.165) is 24.3 Å². The fraction of sp³-hybridized carbons (Fsp3) is 0.750. The molecule has 0 radical (unpaired) electrons. The summed E-state index contributed by atoms with van der Waals surface area (Å²) >= 11 is 0.520. The van der Waals surface area contributed by atoms with Crippen LogP contribution in [0.25, 0.3) is 0 Å². The Kier molecular flexibility index (Phi) is 18.0. The van der Waals surface area contributed by atoms with Crippen molar-refractivity contribution in [3.63, 3.8) is 0 Å². The van der Waals surface area contributed by atoms with Crippen LogP contribution in [0.4, 0.5) is 26.3 Å². The van der Waals surface area contributed by atoms with Crippen molar-refractivity contribution in [2.45, 2.75) is 179 Å². The van der Waals surface area contributed by atoms with E-state index < -0.39 is 203 Å². The molecule has 0 saturated heterocycles. The maximum atomic E-state index is 17.8. The average Bonchev–Trinajstić information content (AvgIpc) is 3.92. The zero-order chi connectivity index (χ0) is 59.9. The van der Waals surface area contributed by atoms with Crippen LogP contribution in [0.5, 0.6) is 0 Å². The second-order valence-electron chi connectivity index (χ2n) is 24.9. The third-order valence-electron chi connectivity index (χ3n) is 20.8. The number of unbranched alkanes of at least 4 members (excludes halogenated alkanes) is 4. The van der Waals surface area contributed by atoms with Crippen molar-refractivity contribution in [3.8, 4) is 0 Å². The van der Waals surface area contributed by atoms with E-state index in [4.69, 9.17) is 13.8 Å². The van der Waals surface area contributed by atoms with E-state index in [1.165, 1.54) is 26.0 Å². The van der Waals surface area contributed by atoms with Gasteiger partial charge in [-0.25, -0.2) is 30.7 Å². The van der Waals surface area contributed by atoms with Crippen LogP contribution in [0.1, 0.15) is 131 Å². The number of halogens is 6. The standard InChI is InChI=1S/C56H74F6O15P2S2/c1-31-21-35-37-25-41(59)39-23-33(63)15-17-49(39,3)53(37,61)43(65)27-51(35,5)55(31,47(69)80-29-57)75-45(67)13-9-7-11-19-78(71,72)77-79(73,74)20-12-8-10-14-46(68)76-56(48(70)81-30-58)32(2)22-36-38-26-42(60)40-24-34(64)16-18-50(40,4)54(38,62)44(66)28-52(36,56)6/h15-18,23-24,31-32,35-38,41-44,65-66H,7-14,19-22,25-30H2,1-6H3,(H,71,72)(H,73,74)/t31-,32-,35+,36+,37+,38+,41+,42+,43+,44+,49+,50+,51+,52+,53+,54+,55+,56+/m1/s1. The minimum atomic E-state index is -4.72. The number of fused-ring (bicyclic) bond motifs is 10. The van der Waals surface area contributed by atoms with E-state index in [0.29, 0.717) is 0 Å². The first-order valence-electron chi connectivity index (χ1n) is 27.8. The van der Waals surface area contributed by atoms with Gasteiger partial charge in [0.15, 0.2) is 34.1 Å². The van der Waals surface area contributed by atoms with Gasteiger partial charge < -0.3 is 29.5 Å². The quantitative estimate of drug-likeness (QED) is 0.0383. The minimum absolute atomic E-state index is 0.0248. The fourth-order valence-electron chi connectivity index (χ4n) is 17.0. The van der Waals surface area contributed by atoms with E-state index in [9.17, 15) is 66.7 Å². The van der Waals surface area contributed by atoms with Crippen LogP contribution in [0.2, 0.25) is 0 Å². The molecule has 0 aromatic carbocycles. The third kappa shape index (κ3) is 10.1. The van der Waals surface area contributed by atoms with Crippen LogP contribution in [0, 0.1) is 57.2 Å². The number of carbonyl (C=O) groups is 6. The number of ketones is 2. The molecule has 0 bridgehead atoms. The summed E-state index contributed by atoms with van der Waals surface area (Å²) in [6.45, 7) is 9.17. The lowest BCUT2D eigenvalue weighted by atomic mass is 9.44. The molecule has 81 heavy (non-hydrogen) atoms. The Morgan fingerprint density at radius 3 is 1.31 bits per heavy atom. The number of alkyl halides is 6. The van der Waals surface area contributed by atoms with Gasteiger partial charge in [0.2, 0.25) is 10.2 Å². The van der Waals surface area contributed by atoms with Crippen molar-refractivity contribution in [1.82, 2.24) is 0 Å². The van der Waals surface area contributed by atoms with Gasteiger partial charge in [0.05, 0.1) is 24.5 Å². The Labute approximate surface area is 476 Å². The van der Waals surface area contributed by atoms with Crippen LogP contribution in [0.15, 0.2) is 47.6 Å². The van der Waals surface area contributed by atoms with Gasteiger partial charge in [-0.1, -0.05) is 52.7 Å². The Bertz CT molecular complexity index is 2620. The monoisotopic (exact) mass is 1230 g/mol. The molecule has 0 spiro atoms. The first-order valence-corrected chi connectivity index (χ1v) is 33.3. The molecule has 2 unspecified atom stereocenters. The van der Waals surface area contributed by atoms with Crippen molar-refractivity contribution >= 4 is 72.5 Å². The highest BCUT2D eigenvalue weighted by Crippen LogP contribution is 2.74. The molecule has 8 aliphatic rings. The predicted molar refractivity (Wildman–Crippen MR) is 289 cm³/mol. The third-order valence-corrected chi connectivity index (χ3v) is 25.9. The first kappa shape index (κ1) is 64.1. The Balaban J connectivity index is 0.820. The number of hydrogen-bond donors (Lipinski definition) is 4. The van der Waals surface area contributed by atoms with Crippen LogP contribution in [0.3, 0.4) is 0 Å².